The normalized spacial score (nSPS) is 39.0. The standard InChI is InChI=1S/C22H31NO2/c1-13-10-14-12-17-21(4)9-7-18(25)23-20(2,3)16(21)6-8-22(17,5)19(14)15(24)11-13/h10-11,16-17,24H,6-9,12H2,1-5H3,(H,23,25)/t16-,17+,21-,22+/m1/s1. The maximum Gasteiger partial charge on any atom is 0.220 e. The predicted molar refractivity (Wildman–Crippen MR) is 99.7 cm³/mol. The van der Waals surface area contributed by atoms with E-state index in [-0.39, 0.29) is 22.3 Å². The summed E-state index contributed by atoms with van der Waals surface area (Å²) in [5.41, 5.74) is 3.60. The second kappa shape index (κ2) is 5.02. The van der Waals surface area contributed by atoms with Gasteiger partial charge >= 0.3 is 0 Å². The van der Waals surface area contributed by atoms with E-state index in [0.717, 1.165) is 31.2 Å². The van der Waals surface area contributed by atoms with Crippen LogP contribution in [0.2, 0.25) is 0 Å². The topological polar surface area (TPSA) is 49.3 Å². The van der Waals surface area contributed by atoms with E-state index in [9.17, 15) is 9.90 Å². The number of aromatic hydroxyl groups is 1. The Balaban J connectivity index is 1.85. The van der Waals surface area contributed by atoms with E-state index in [1.54, 1.807) is 0 Å². The van der Waals surface area contributed by atoms with Crippen molar-refractivity contribution in [1.82, 2.24) is 5.32 Å². The first-order valence-corrected chi connectivity index (χ1v) is 9.72. The summed E-state index contributed by atoms with van der Waals surface area (Å²) >= 11 is 0. The molecule has 3 nitrogen and oxygen atoms in total. The highest BCUT2D eigenvalue weighted by Crippen LogP contribution is 2.65. The van der Waals surface area contributed by atoms with Gasteiger partial charge in [-0.25, -0.2) is 0 Å². The van der Waals surface area contributed by atoms with Gasteiger partial charge in [-0.05, 0) is 80.9 Å². The summed E-state index contributed by atoms with van der Waals surface area (Å²) in [6.45, 7) is 11.2. The lowest BCUT2D eigenvalue weighted by molar-refractivity contribution is -0.122. The molecule has 1 saturated carbocycles. The fourth-order valence-electron chi connectivity index (χ4n) is 6.98. The number of carbonyl (C=O) groups is 1. The van der Waals surface area contributed by atoms with Gasteiger partial charge in [0, 0.05) is 22.9 Å². The van der Waals surface area contributed by atoms with E-state index in [2.05, 4.69) is 46.0 Å². The molecule has 136 valence electrons. The van der Waals surface area contributed by atoms with E-state index in [1.165, 1.54) is 11.1 Å². The van der Waals surface area contributed by atoms with Gasteiger partial charge in [-0.15, -0.1) is 0 Å². The number of carbonyl (C=O) groups excluding carboxylic acids is 1. The first kappa shape index (κ1) is 16.9. The number of hydrogen-bond donors (Lipinski definition) is 2. The average Bonchev–Trinajstić information content (AvgIpc) is 2.74. The van der Waals surface area contributed by atoms with Gasteiger partial charge in [-0.1, -0.05) is 19.9 Å². The van der Waals surface area contributed by atoms with Gasteiger partial charge in [0.25, 0.3) is 0 Å². The average molecular weight is 341 g/mol. The molecular formula is C22H31NO2. The van der Waals surface area contributed by atoms with E-state index in [0.29, 0.717) is 24.0 Å². The Morgan fingerprint density at radius 3 is 2.56 bits per heavy atom. The van der Waals surface area contributed by atoms with Gasteiger partial charge in [0.1, 0.15) is 5.75 Å². The maximum atomic E-state index is 12.3. The zero-order valence-corrected chi connectivity index (χ0v) is 16.2. The van der Waals surface area contributed by atoms with Gasteiger partial charge in [-0.3, -0.25) is 4.79 Å². The summed E-state index contributed by atoms with van der Waals surface area (Å²) < 4.78 is 0. The molecule has 2 aliphatic carbocycles. The number of phenolic OH excluding ortho intramolecular Hbond substituents is 1. The van der Waals surface area contributed by atoms with Crippen molar-refractivity contribution < 1.29 is 9.90 Å². The molecule has 2 fully saturated rings. The number of rotatable bonds is 0. The van der Waals surface area contributed by atoms with E-state index in [4.69, 9.17) is 0 Å². The molecule has 1 aliphatic heterocycles. The zero-order chi connectivity index (χ0) is 18.2. The SMILES string of the molecule is Cc1cc(O)c2c(c1)C[C@H]1[C@]3(C)CCC(=O)NC(C)(C)[C@H]3CC[C@]21C. The van der Waals surface area contributed by atoms with E-state index in [1.807, 2.05) is 6.07 Å². The van der Waals surface area contributed by atoms with Crippen LogP contribution in [0.25, 0.3) is 0 Å². The highest BCUT2D eigenvalue weighted by molar-refractivity contribution is 5.77. The Kier molecular flexibility index (Phi) is 3.40. The molecule has 1 aromatic carbocycles. The summed E-state index contributed by atoms with van der Waals surface area (Å²) in [5, 5.41) is 14.0. The van der Waals surface area contributed by atoms with Gasteiger partial charge < -0.3 is 10.4 Å². The van der Waals surface area contributed by atoms with Crippen molar-refractivity contribution in [3.8, 4) is 5.75 Å². The van der Waals surface area contributed by atoms with Crippen molar-refractivity contribution in [2.75, 3.05) is 0 Å². The molecule has 1 saturated heterocycles. The molecule has 1 amide bonds. The Morgan fingerprint density at radius 1 is 1.12 bits per heavy atom. The number of fused-ring (bicyclic) bond motifs is 5. The molecule has 0 aromatic heterocycles. The fraction of sp³-hybridized carbons (Fsp3) is 0.682. The van der Waals surface area contributed by atoms with E-state index < -0.39 is 0 Å². The van der Waals surface area contributed by atoms with Crippen molar-refractivity contribution in [3.63, 3.8) is 0 Å². The van der Waals surface area contributed by atoms with Crippen LogP contribution < -0.4 is 5.32 Å². The molecule has 2 N–H and O–H groups in total. The van der Waals surface area contributed by atoms with Crippen LogP contribution in [0.5, 0.6) is 5.75 Å². The number of benzene rings is 1. The number of nitrogens with one attached hydrogen (secondary N) is 1. The first-order valence-electron chi connectivity index (χ1n) is 9.72. The Labute approximate surface area is 151 Å². The van der Waals surface area contributed by atoms with Gasteiger partial charge in [-0.2, -0.15) is 0 Å². The highest BCUT2D eigenvalue weighted by Gasteiger charge is 2.61. The van der Waals surface area contributed by atoms with Gasteiger partial charge in [0.2, 0.25) is 5.91 Å². The summed E-state index contributed by atoms with van der Waals surface area (Å²) in [7, 11) is 0. The quantitative estimate of drug-likeness (QED) is 0.742. The second-order valence-corrected chi connectivity index (χ2v) is 9.86. The van der Waals surface area contributed by atoms with Crippen molar-refractivity contribution in [2.24, 2.45) is 17.3 Å². The van der Waals surface area contributed by atoms with Crippen LogP contribution in [0.3, 0.4) is 0 Å². The minimum atomic E-state index is -0.170. The summed E-state index contributed by atoms with van der Waals surface area (Å²) in [5.74, 6) is 1.62. The molecule has 3 aliphatic rings. The minimum Gasteiger partial charge on any atom is -0.508 e. The number of phenols is 1. The fourth-order valence-corrected chi connectivity index (χ4v) is 6.98. The highest BCUT2D eigenvalue weighted by atomic mass is 16.3. The molecule has 25 heavy (non-hydrogen) atoms. The Morgan fingerprint density at radius 2 is 1.84 bits per heavy atom. The Hall–Kier alpha value is -1.51. The van der Waals surface area contributed by atoms with E-state index >= 15 is 0 Å². The molecule has 4 atom stereocenters. The summed E-state index contributed by atoms with van der Waals surface area (Å²) in [6, 6.07) is 4.19. The van der Waals surface area contributed by atoms with Crippen LogP contribution in [-0.2, 0) is 16.6 Å². The zero-order valence-electron chi connectivity index (χ0n) is 16.2. The lowest BCUT2D eigenvalue weighted by Gasteiger charge is -2.57. The molecular weight excluding hydrogens is 310 g/mol. The van der Waals surface area contributed by atoms with Crippen LogP contribution in [0.15, 0.2) is 12.1 Å². The number of hydrogen-bond acceptors (Lipinski definition) is 2. The minimum absolute atomic E-state index is 0.0157. The van der Waals surface area contributed by atoms with Crippen LogP contribution >= 0.6 is 0 Å². The van der Waals surface area contributed by atoms with Crippen molar-refractivity contribution in [2.45, 2.75) is 77.7 Å². The third-order valence-electron chi connectivity index (χ3n) is 7.88. The van der Waals surface area contributed by atoms with Crippen LogP contribution in [0.4, 0.5) is 0 Å². The molecule has 1 heterocycles. The molecule has 0 radical (unpaired) electrons. The van der Waals surface area contributed by atoms with Crippen LogP contribution in [-0.4, -0.2) is 16.6 Å². The largest absolute Gasteiger partial charge is 0.508 e. The van der Waals surface area contributed by atoms with Crippen LogP contribution in [0.1, 0.15) is 70.1 Å². The number of amides is 1. The van der Waals surface area contributed by atoms with Gasteiger partial charge in [0.05, 0.1) is 0 Å². The van der Waals surface area contributed by atoms with Crippen molar-refractivity contribution in [3.05, 3.63) is 28.8 Å². The smallest absolute Gasteiger partial charge is 0.220 e. The van der Waals surface area contributed by atoms with Crippen molar-refractivity contribution >= 4 is 5.91 Å². The predicted octanol–water partition coefficient (Wildman–Crippen LogP) is 4.24. The molecule has 0 bridgehead atoms. The summed E-state index contributed by atoms with van der Waals surface area (Å²) in [4.78, 5) is 12.3. The van der Waals surface area contributed by atoms with Crippen molar-refractivity contribution in [1.29, 1.82) is 0 Å². The summed E-state index contributed by atoms with van der Waals surface area (Å²) in [6.07, 6.45) is 4.77. The maximum absolute atomic E-state index is 12.3. The lowest BCUT2D eigenvalue weighted by atomic mass is 9.48. The molecule has 3 heteroatoms. The third kappa shape index (κ3) is 2.20. The molecule has 0 spiro atoms. The Bertz CT molecular complexity index is 753. The first-order chi connectivity index (χ1) is 11.6. The molecule has 4 rings (SSSR count). The third-order valence-corrected chi connectivity index (χ3v) is 7.88. The molecule has 1 aromatic rings. The monoisotopic (exact) mass is 341 g/mol. The van der Waals surface area contributed by atoms with Gasteiger partial charge in [0.15, 0.2) is 0 Å². The molecule has 0 unspecified atom stereocenters. The van der Waals surface area contributed by atoms with Crippen LogP contribution in [0, 0.1) is 24.2 Å². The number of aryl methyl sites for hydroxylation is 1. The lowest BCUT2D eigenvalue weighted by Crippen LogP contribution is -2.58. The second-order valence-electron chi connectivity index (χ2n) is 9.86.